The summed E-state index contributed by atoms with van der Waals surface area (Å²) in [7, 11) is 1.41. The summed E-state index contributed by atoms with van der Waals surface area (Å²) in [5.74, 6) is -1.03. The lowest BCUT2D eigenvalue weighted by Crippen LogP contribution is -2.14. The number of carboxylic acids is 1. The highest BCUT2D eigenvalue weighted by Crippen LogP contribution is 2.33. The van der Waals surface area contributed by atoms with Crippen LogP contribution < -0.4 is 9.47 Å². The summed E-state index contributed by atoms with van der Waals surface area (Å²) in [6.45, 7) is 6.01. The van der Waals surface area contributed by atoms with E-state index in [1.807, 2.05) is 13.8 Å². The van der Waals surface area contributed by atoms with Crippen molar-refractivity contribution in [3.05, 3.63) is 47.8 Å². The Kier molecular flexibility index (Phi) is 5.76. The van der Waals surface area contributed by atoms with Crippen LogP contribution in [0.3, 0.4) is 0 Å². The van der Waals surface area contributed by atoms with E-state index in [-0.39, 0.29) is 29.0 Å². The topological polar surface area (TPSA) is 99.4 Å². The van der Waals surface area contributed by atoms with E-state index in [9.17, 15) is 14.3 Å². The Hall–Kier alpha value is -3.49. The van der Waals surface area contributed by atoms with Crippen molar-refractivity contribution in [1.82, 2.24) is 19.5 Å². The SMILES string of the molecule is COc1cccc(F)c1Oc1cncc(-c2nc(C)c(C(=O)O)n2CC(C)C)n1. The largest absolute Gasteiger partial charge is 0.493 e. The van der Waals surface area contributed by atoms with Crippen LogP contribution >= 0.6 is 0 Å². The molecule has 0 radical (unpaired) electrons. The summed E-state index contributed by atoms with van der Waals surface area (Å²) < 4.78 is 26.5. The molecule has 0 fully saturated rings. The van der Waals surface area contributed by atoms with Crippen molar-refractivity contribution in [2.75, 3.05) is 7.11 Å². The maximum Gasteiger partial charge on any atom is 0.354 e. The van der Waals surface area contributed by atoms with Crippen LogP contribution in [0.1, 0.15) is 30.0 Å². The minimum Gasteiger partial charge on any atom is -0.493 e. The number of aromatic nitrogens is 4. The first-order valence-corrected chi connectivity index (χ1v) is 8.95. The molecule has 0 unspecified atom stereocenters. The number of halogens is 1. The van der Waals surface area contributed by atoms with Crippen molar-refractivity contribution in [3.8, 4) is 28.9 Å². The fraction of sp³-hybridized carbons (Fsp3) is 0.300. The summed E-state index contributed by atoms with van der Waals surface area (Å²) in [5.41, 5.74) is 0.781. The first-order valence-electron chi connectivity index (χ1n) is 8.95. The van der Waals surface area contributed by atoms with Crippen molar-refractivity contribution in [2.24, 2.45) is 5.92 Å². The minimum absolute atomic E-state index is 0.0273. The molecule has 0 amide bonds. The van der Waals surface area contributed by atoms with Crippen LogP contribution in [0.4, 0.5) is 4.39 Å². The average molecular weight is 400 g/mol. The standard InChI is InChI=1S/C20H21FN4O4/c1-11(2)10-25-17(20(26)27)12(3)23-19(25)14-8-22-9-16(24-14)29-18-13(21)6-5-7-15(18)28-4/h5-9,11H,10H2,1-4H3,(H,26,27). The van der Waals surface area contributed by atoms with Gasteiger partial charge in [-0.2, -0.15) is 0 Å². The van der Waals surface area contributed by atoms with Gasteiger partial charge in [0.05, 0.1) is 25.2 Å². The van der Waals surface area contributed by atoms with Gasteiger partial charge < -0.3 is 19.1 Å². The molecule has 0 saturated carbocycles. The minimum atomic E-state index is -1.07. The second kappa shape index (κ2) is 8.26. The van der Waals surface area contributed by atoms with Crippen LogP contribution in [0.15, 0.2) is 30.6 Å². The molecule has 0 aliphatic carbocycles. The zero-order valence-corrected chi connectivity index (χ0v) is 16.5. The van der Waals surface area contributed by atoms with E-state index < -0.39 is 11.8 Å². The Bertz CT molecular complexity index is 1050. The molecule has 2 aromatic heterocycles. The molecule has 0 aliphatic rings. The van der Waals surface area contributed by atoms with Crippen molar-refractivity contribution < 1.29 is 23.8 Å². The molecule has 8 nitrogen and oxygen atoms in total. The molecule has 3 aromatic rings. The monoisotopic (exact) mass is 400 g/mol. The Balaban J connectivity index is 2.05. The molecule has 0 atom stereocenters. The fourth-order valence-electron chi connectivity index (χ4n) is 2.94. The van der Waals surface area contributed by atoms with Gasteiger partial charge in [-0.15, -0.1) is 0 Å². The number of imidazole rings is 1. The second-order valence-corrected chi connectivity index (χ2v) is 6.79. The molecule has 29 heavy (non-hydrogen) atoms. The third-order valence-electron chi connectivity index (χ3n) is 4.09. The summed E-state index contributed by atoms with van der Waals surface area (Å²) in [6, 6.07) is 4.31. The third kappa shape index (κ3) is 4.18. The number of hydrogen-bond donors (Lipinski definition) is 1. The molecule has 152 valence electrons. The van der Waals surface area contributed by atoms with Crippen LogP contribution in [0.2, 0.25) is 0 Å². The van der Waals surface area contributed by atoms with E-state index in [2.05, 4.69) is 15.0 Å². The lowest BCUT2D eigenvalue weighted by Gasteiger charge is -2.13. The zero-order valence-electron chi connectivity index (χ0n) is 16.5. The molecule has 1 N–H and O–H groups in total. The fourth-order valence-corrected chi connectivity index (χ4v) is 2.94. The number of benzene rings is 1. The normalized spacial score (nSPS) is 11.0. The summed E-state index contributed by atoms with van der Waals surface area (Å²) in [4.78, 5) is 24.5. The number of para-hydroxylation sites is 1. The van der Waals surface area contributed by atoms with Crippen LogP contribution in [0.5, 0.6) is 17.4 Å². The number of ether oxygens (including phenoxy) is 2. The number of hydrogen-bond acceptors (Lipinski definition) is 6. The predicted molar refractivity (Wildman–Crippen MR) is 103 cm³/mol. The molecule has 3 rings (SSSR count). The summed E-state index contributed by atoms with van der Waals surface area (Å²) in [5, 5.41) is 9.58. The molecule has 0 aliphatic heterocycles. The maximum absolute atomic E-state index is 14.2. The zero-order chi connectivity index (χ0) is 21.1. The van der Waals surface area contributed by atoms with E-state index >= 15 is 0 Å². The van der Waals surface area contributed by atoms with Gasteiger partial charge in [0.15, 0.2) is 23.1 Å². The van der Waals surface area contributed by atoms with Gasteiger partial charge in [0, 0.05) is 6.54 Å². The molecular weight excluding hydrogens is 379 g/mol. The van der Waals surface area contributed by atoms with Crippen LogP contribution in [-0.4, -0.2) is 37.7 Å². The van der Waals surface area contributed by atoms with Gasteiger partial charge in [0.25, 0.3) is 0 Å². The van der Waals surface area contributed by atoms with Gasteiger partial charge >= 0.3 is 5.97 Å². The number of carbonyl (C=O) groups is 1. The van der Waals surface area contributed by atoms with Gasteiger partial charge in [-0.3, -0.25) is 4.98 Å². The third-order valence-corrected chi connectivity index (χ3v) is 4.09. The van der Waals surface area contributed by atoms with Crippen LogP contribution in [-0.2, 0) is 6.54 Å². The molecule has 2 heterocycles. The Morgan fingerprint density at radius 1 is 1.28 bits per heavy atom. The number of aromatic carboxylic acids is 1. The van der Waals surface area contributed by atoms with E-state index in [4.69, 9.17) is 9.47 Å². The van der Waals surface area contributed by atoms with Crippen molar-refractivity contribution in [3.63, 3.8) is 0 Å². The van der Waals surface area contributed by atoms with Crippen molar-refractivity contribution in [2.45, 2.75) is 27.3 Å². The van der Waals surface area contributed by atoms with E-state index in [1.165, 1.54) is 31.6 Å². The van der Waals surface area contributed by atoms with E-state index in [0.717, 1.165) is 0 Å². The highest BCUT2D eigenvalue weighted by molar-refractivity contribution is 5.88. The van der Waals surface area contributed by atoms with Crippen molar-refractivity contribution in [1.29, 1.82) is 0 Å². The lowest BCUT2D eigenvalue weighted by molar-refractivity contribution is 0.0683. The smallest absolute Gasteiger partial charge is 0.354 e. The highest BCUT2D eigenvalue weighted by Gasteiger charge is 2.23. The van der Waals surface area contributed by atoms with Gasteiger partial charge in [-0.05, 0) is 25.0 Å². The Morgan fingerprint density at radius 2 is 2.03 bits per heavy atom. The van der Waals surface area contributed by atoms with Gasteiger partial charge in [-0.25, -0.2) is 19.2 Å². The molecule has 0 saturated heterocycles. The second-order valence-electron chi connectivity index (χ2n) is 6.79. The van der Waals surface area contributed by atoms with E-state index in [0.29, 0.717) is 23.8 Å². The highest BCUT2D eigenvalue weighted by atomic mass is 19.1. The van der Waals surface area contributed by atoms with Gasteiger partial charge in [-0.1, -0.05) is 19.9 Å². The van der Waals surface area contributed by atoms with Crippen molar-refractivity contribution >= 4 is 5.97 Å². The molecule has 0 bridgehead atoms. The number of nitrogens with zero attached hydrogens (tertiary/aromatic N) is 4. The molecular formula is C20H21FN4O4. The summed E-state index contributed by atoms with van der Waals surface area (Å²) >= 11 is 0. The molecule has 0 spiro atoms. The van der Waals surface area contributed by atoms with Crippen LogP contribution in [0, 0.1) is 18.7 Å². The Labute approximate surface area is 167 Å². The molecule has 1 aromatic carbocycles. The van der Waals surface area contributed by atoms with Gasteiger partial charge in [0.2, 0.25) is 11.6 Å². The van der Waals surface area contributed by atoms with E-state index in [1.54, 1.807) is 17.6 Å². The number of rotatable bonds is 7. The lowest BCUT2D eigenvalue weighted by atomic mass is 10.2. The number of aryl methyl sites for hydroxylation is 1. The summed E-state index contributed by atoms with van der Waals surface area (Å²) in [6.07, 6.45) is 2.78. The quantitative estimate of drug-likeness (QED) is 0.641. The maximum atomic E-state index is 14.2. The average Bonchev–Trinajstić information content (AvgIpc) is 2.99. The number of methoxy groups -OCH3 is 1. The molecule has 9 heteroatoms. The first-order chi connectivity index (χ1) is 13.8. The first kappa shape index (κ1) is 20.2. The van der Waals surface area contributed by atoms with Gasteiger partial charge in [0.1, 0.15) is 5.69 Å². The predicted octanol–water partition coefficient (Wildman–Crippen LogP) is 3.94. The Morgan fingerprint density at radius 3 is 2.69 bits per heavy atom. The number of carboxylic acid groups (broad SMARTS) is 1. The van der Waals surface area contributed by atoms with Crippen LogP contribution in [0.25, 0.3) is 11.5 Å².